The Balaban J connectivity index is 2.12. The molecule has 0 aliphatic rings. The summed E-state index contributed by atoms with van der Waals surface area (Å²) in [5.41, 5.74) is -0.234. The van der Waals surface area contributed by atoms with E-state index in [1.807, 2.05) is 27.7 Å². The summed E-state index contributed by atoms with van der Waals surface area (Å²) in [6, 6.07) is 11.6. The summed E-state index contributed by atoms with van der Waals surface area (Å²) < 4.78 is 10.7. The first kappa shape index (κ1) is 28.2. The van der Waals surface area contributed by atoms with E-state index in [0.29, 0.717) is 13.1 Å². The fourth-order valence-corrected chi connectivity index (χ4v) is 3.33. The van der Waals surface area contributed by atoms with E-state index in [-0.39, 0.29) is 34.7 Å². The lowest BCUT2D eigenvalue weighted by atomic mass is 10.2. The molecule has 2 rings (SSSR count). The van der Waals surface area contributed by atoms with Gasteiger partial charge in [0.2, 0.25) is 0 Å². The summed E-state index contributed by atoms with van der Waals surface area (Å²) in [4.78, 5) is 62.6. The minimum Gasteiger partial charge on any atom is -0.409 e. The van der Waals surface area contributed by atoms with E-state index in [1.54, 1.807) is 38.1 Å². The minimum absolute atomic E-state index is 0.0506. The van der Waals surface area contributed by atoms with Crippen LogP contribution >= 0.6 is 0 Å². The fraction of sp³-hybridized carbons (Fsp3) is 0.385. The molecule has 194 valence electrons. The van der Waals surface area contributed by atoms with E-state index in [4.69, 9.17) is 19.2 Å². The Kier molecular flexibility index (Phi) is 10.3. The van der Waals surface area contributed by atoms with E-state index >= 15 is 0 Å². The Labute approximate surface area is 210 Å². The third-order valence-corrected chi connectivity index (χ3v) is 5.20. The van der Waals surface area contributed by atoms with Crippen LogP contribution in [0.5, 0.6) is 11.5 Å². The van der Waals surface area contributed by atoms with Gasteiger partial charge in [-0.2, -0.15) is 0 Å². The summed E-state index contributed by atoms with van der Waals surface area (Å²) in [5, 5.41) is 0. The Bertz CT molecular complexity index is 998. The lowest BCUT2D eigenvalue weighted by Crippen LogP contribution is -2.39. The molecule has 36 heavy (non-hydrogen) atoms. The number of amides is 2. The molecule has 0 unspecified atom stereocenters. The number of carbonyl (C=O) groups excluding carboxylic acids is 4. The zero-order valence-corrected chi connectivity index (χ0v) is 21.3. The second-order valence-electron chi connectivity index (χ2n) is 8.23. The van der Waals surface area contributed by atoms with Crippen molar-refractivity contribution in [2.75, 3.05) is 13.1 Å². The molecule has 0 radical (unpaired) electrons. The quantitative estimate of drug-likeness (QED) is 0.365. The summed E-state index contributed by atoms with van der Waals surface area (Å²) in [6.45, 7) is 11.8. The second kappa shape index (κ2) is 13.1. The Morgan fingerprint density at radius 2 is 0.972 bits per heavy atom. The maximum atomic E-state index is 12.6. The average molecular weight is 501 g/mol. The van der Waals surface area contributed by atoms with Gasteiger partial charge in [-0.3, -0.25) is 0 Å². The minimum atomic E-state index is -1.05. The molecule has 10 nitrogen and oxygen atoms in total. The molecule has 0 aliphatic heterocycles. The number of hydrogen-bond donors (Lipinski definition) is 0. The molecule has 2 aromatic rings. The van der Waals surface area contributed by atoms with Crippen LogP contribution in [-0.2, 0) is 9.78 Å². The molecule has 0 spiro atoms. The first-order valence-corrected chi connectivity index (χ1v) is 11.7. The van der Waals surface area contributed by atoms with Gasteiger partial charge in [0.1, 0.15) is 22.6 Å². The van der Waals surface area contributed by atoms with Gasteiger partial charge in [-0.1, -0.05) is 24.3 Å². The van der Waals surface area contributed by atoms with Crippen molar-refractivity contribution in [3.05, 3.63) is 59.7 Å². The van der Waals surface area contributed by atoms with E-state index in [2.05, 4.69) is 0 Å². The van der Waals surface area contributed by atoms with Crippen LogP contribution in [0.25, 0.3) is 0 Å². The Morgan fingerprint density at radius 3 is 1.28 bits per heavy atom. The zero-order chi connectivity index (χ0) is 26.8. The third kappa shape index (κ3) is 7.21. The molecule has 0 fully saturated rings. The largest absolute Gasteiger partial charge is 0.415 e. The number of rotatable bonds is 8. The van der Waals surface area contributed by atoms with Crippen molar-refractivity contribution >= 4 is 24.1 Å². The highest BCUT2D eigenvalue weighted by atomic mass is 17.2. The smallest absolute Gasteiger partial charge is 0.409 e. The van der Waals surface area contributed by atoms with Crippen LogP contribution in [0.1, 0.15) is 62.3 Å². The second-order valence-corrected chi connectivity index (χ2v) is 8.23. The maximum Gasteiger partial charge on any atom is 0.415 e. The number of nitrogens with zero attached hydrogens (tertiary/aromatic N) is 2. The zero-order valence-electron chi connectivity index (χ0n) is 21.3. The van der Waals surface area contributed by atoms with E-state index in [1.165, 1.54) is 34.1 Å². The van der Waals surface area contributed by atoms with E-state index in [9.17, 15) is 19.2 Å². The van der Waals surface area contributed by atoms with Gasteiger partial charge in [-0.05, 0) is 65.8 Å². The molecule has 0 N–H and O–H groups in total. The highest BCUT2D eigenvalue weighted by Crippen LogP contribution is 2.23. The monoisotopic (exact) mass is 500 g/mol. The van der Waals surface area contributed by atoms with E-state index < -0.39 is 24.1 Å². The number of para-hydroxylation sites is 2. The van der Waals surface area contributed by atoms with Crippen LogP contribution in [-0.4, -0.2) is 59.1 Å². The molecule has 0 bridgehead atoms. The molecule has 0 saturated heterocycles. The summed E-state index contributed by atoms with van der Waals surface area (Å²) in [6.07, 6.45) is -1.27. The molecular weight excluding hydrogens is 468 g/mol. The molecule has 10 heteroatoms. The summed E-state index contributed by atoms with van der Waals surface area (Å²) in [5.74, 6) is -2.20. The highest BCUT2D eigenvalue weighted by molar-refractivity contribution is 5.96. The van der Waals surface area contributed by atoms with Gasteiger partial charge in [0.05, 0.1) is 0 Å². The maximum absolute atomic E-state index is 12.6. The van der Waals surface area contributed by atoms with Crippen LogP contribution in [0.2, 0.25) is 0 Å². The van der Waals surface area contributed by atoms with Crippen LogP contribution in [0.4, 0.5) is 9.59 Å². The lowest BCUT2D eigenvalue weighted by molar-refractivity contribution is -0.187. The first-order valence-electron chi connectivity index (χ1n) is 11.7. The molecule has 2 amide bonds. The van der Waals surface area contributed by atoms with Gasteiger partial charge in [-0.15, -0.1) is 0 Å². The molecule has 0 heterocycles. The van der Waals surface area contributed by atoms with Gasteiger partial charge < -0.3 is 19.3 Å². The van der Waals surface area contributed by atoms with Crippen LogP contribution < -0.4 is 9.47 Å². The van der Waals surface area contributed by atoms with Crippen molar-refractivity contribution in [1.29, 1.82) is 0 Å². The molecule has 2 aromatic carbocycles. The van der Waals surface area contributed by atoms with Crippen molar-refractivity contribution in [1.82, 2.24) is 9.80 Å². The normalized spacial score (nSPS) is 10.6. The predicted molar refractivity (Wildman–Crippen MR) is 131 cm³/mol. The molecule has 0 aromatic heterocycles. The summed E-state index contributed by atoms with van der Waals surface area (Å²) in [7, 11) is 0. The molecular formula is C26H32N2O8. The standard InChI is InChI=1S/C26H32N2O8/c1-7-27(17(3)4)25(31)33-21-15-11-9-13-19(21)23(29)35-36-24(30)20-14-10-12-16-22(20)34-26(32)28(8-2)18(5)6/h9-18H,7-8H2,1-6H3. The van der Waals surface area contributed by atoms with Gasteiger partial charge in [0.25, 0.3) is 0 Å². The average Bonchev–Trinajstić information content (AvgIpc) is 2.83. The number of carbonyl (C=O) groups is 4. The highest BCUT2D eigenvalue weighted by Gasteiger charge is 2.25. The first-order chi connectivity index (χ1) is 17.1. The van der Waals surface area contributed by atoms with Gasteiger partial charge in [0.15, 0.2) is 0 Å². The van der Waals surface area contributed by atoms with Crippen LogP contribution in [0.3, 0.4) is 0 Å². The third-order valence-electron chi connectivity index (χ3n) is 5.20. The van der Waals surface area contributed by atoms with Crippen molar-refractivity contribution < 1.29 is 38.4 Å². The number of benzene rings is 2. The van der Waals surface area contributed by atoms with E-state index in [0.717, 1.165) is 0 Å². The predicted octanol–water partition coefficient (Wildman–Crippen LogP) is 5.07. The summed E-state index contributed by atoms with van der Waals surface area (Å²) >= 11 is 0. The Morgan fingerprint density at radius 1 is 0.639 bits per heavy atom. The SMILES string of the molecule is CCN(C(=O)Oc1ccccc1C(=O)OOC(=O)c1ccccc1OC(=O)N(CC)C(C)C)C(C)C. The van der Waals surface area contributed by atoms with Gasteiger partial charge in [0, 0.05) is 25.2 Å². The lowest BCUT2D eigenvalue weighted by Gasteiger charge is -2.24. The van der Waals surface area contributed by atoms with Gasteiger partial charge >= 0.3 is 24.1 Å². The van der Waals surface area contributed by atoms with Crippen LogP contribution in [0.15, 0.2) is 48.5 Å². The number of ether oxygens (including phenoxy) is 2. The molecule has 0 saturated carbocycles. The number of hydrogen-bond acceptors (Lipinski definition) is 8. The van der Waals surface area contributed by atoms with Crippen LogP contribution in [0, 0.1) is 0 Å². The molecule has 0 atom stereocenters. The topological polar surface area (TPSA) is 112 Å². The Hall–Kier alpha value is -4.08. The van der Waals surface area contributed by atoms with Crippen molar-refractivity contribution in [2.24, 2.45) is 0 Å². The van der Waals surface area contributed by atoms with Crippen molar-refractivity contribution in [3.8, 4) is 11.5 Å². The molecule has 0 aliphatic carbocycles. The van der Waals surface area contributed by atoms with Crippen molar-refractivity contribution in [2.45, 2.75) is 53.6 Å². The fourth-order valence-electron chi connectivity index (χ4n) is 3.33. The van der Waals surface area contributed by atoms with Gasteiger partial charge in [-0.25, -0.2) is 29.0 Å². The van der Waals surface area contributed by atoms with Crippen molar-refractivity contribution in [3.63, 3.8) is 0 Å².